The molecule has 0 aromatic carbocycles. The number of furan rings is 1. The van der Waals surface area contributed by atoms with Crippen molar-refractivity contribution >= 4 is 17.4 Å². The third kappa shape index (κ3) is 4.39. The van der Waals surface area contributed by atoms with Gasteiger partial charge in [0.1, 0.15) is 11.5 Å². The minimum atomic E-state index is -0.114. The summed E-state index contributed by atoms with van der Waals surface area (Å²) < 4.78 is 5.59. The van der Waals surface area contributed by atoms with Crippen LogP contribution in [0, 0.1) is 6.92 Å². The van der Waals surface area contributed by atoms with Gasteiger partial charge in [0.2, 0.25) is 0 Å². The van der Waals surface area contributed by atoms with Gasteiger partial charge in [0.05, 0.1) is 6.04 Å². The molecular weight excluding hydrogens is 322 g/mol. The number of carbonyl (C=O) groups excluding carboxylic acids is 1. The van der Waals surface area contributed by atoms with E-state index in [2.05, 4.69) is 27.7 Å². The Hall–Kier alpha value is -1.79. The van der Waals surface area contributed by atoms with E-state index in [0.29, 0.717) is 0 Å². The number of nitrogens with one attached hydrogen (secondary N) is 1. The summed E-state index contributed by atoms with van der Waals surface area (Å²) in [4.78, 5) is 18.3. The van der Waals surface area contributed by atoms with Crippen LogP contribution in [-0.2, 0) is 6.54 Å². The van der Waals surface area contributed by atoms with Gasteiger partial charge in [0.25, 0.3) is 0 Å². The summed E-state index contributed by atoms with van der Waals surface area (Å²) >= 11 is 1.79. The maximum atomic E-state index is 12.5. The lowest BCUT2D eigenvalue weighted by Crippen LogP contribution is -2.42. The number of aryl methyl sites for hydroxylation is 1. The van der Waals surface area contributed by atoms with Crippen molar-refractivity contribution in [2.24, 2.45) is 0 Å². The van der Waals surface area contributed by atoms with Crippen LogP contribution in [0.4, 0.5) is 4.79 Å². The van der Waals surface area contributed by atoms with Gasteiger partial charge in [0.15, 0.2) is 0 Å². The largest absolute Gasteiger partial charge is 0.464 e. The van der Waals surface area contributed by atoms with Gasteiger partial charge in [-0.05, 0) is 43.8 Å². The zero-order valence-electron chi connectivity index (χ0n) is 14.3. The minimum absolute atomic E-state index is 0.00507. The maximum Gasteiger partial charge on any atom is 0.318 e. The number of rotatable bonds is 4. The first-order valence-corrected chi connectivity index (χ1v) is 9.36. The SMILES string of the molecule is Cc1ccc([C@H](C)NC(=O)N2CCCN(Cc3cccs3)CC2)o1. The first kappa shape index (κ1) is 17.0. The third-order valence-electron chi connectivity index (χ3n) is 4.36. The van der Waals surface area contributed by atoms with Crippen LogP contribution in [0.5, 0.6) is 0 Å². The Kier molecular flexibility index (Phi) is 5.58. The van der Waals surface area contributed by atoms with Gasteiger partial charge in [-0.3, -0.25) is 4.90 Å². The highest BCUT2D eigenvalue weighted by molar-refractivity contribution is 7.09. The molecule has 1 atom stereocenters. The molecule has 0 bridgehead atoms. The highest BCUT2D eigenvalue weighted by atomic mass is 32.1. The fourth-order valence-electron chi connectivity index (χ4n) is 2.99. The van der Waals surface area contributed by atoms with Crippen molar-refractivity contribution in [3.05, 3.63) is 46.0 Å². The van der Waals surface area contributed by atoms with Gasteiger partial charge in [-0.2, -0.15) is 0 Å². The van der Waals surface area contributed by atoms with E-state index in [1.165, 1.54) is 4.88 Å². The number of amides is 2. The molecule has 0 saturated carbocycles. The van der Waals surface area contributed by atoms with Crippen molar-refractivity contribution in [2.45, 2.75) is 32.9 Å². The maximum absolute atomic E-state index is 12.5. The average Bonchev–Trinajstić information content (AvgIpc) is 3.15. The average molecular weight is 347 g/mol. The van der Waals surface area contributed by atoms with Gasteiger partial charge >= 0.3 is 6.03 Å². The number of carbonyl (C=O) groups is 1. The number of hydrogen-bond donors (Lipinski definition) is 1. The molecule has 130 valence electrons. The Morgan fingerprint density at radius 3 is 2.88 bits per heavy atom. The molecule has 1 N–H and O–H groups in total. The van der Waals surface area contributed by atoms with Crippen molar-refractivity contribution < 1.29 is 9.21 Å². The van der Waals surface area contributed by atoms with E-state index < -0.39 is 0 Å². The first-order chi connectivity index (χ1) is 11.6. The second-order valence-electron chi connectivity index (χ2n) is 6.32. The number of hydrogen-bond acceptors (Lipinski definition) is 4. The van der Waals surface area contributed by atoms with E-state index in [9.17, 15) is 4.79 Å². The number of nitrogens with zero attached hydrogens (tertiary/aromatic N) is 2. The van der Waals surface area contributed by atoms with Crippen LogP contribution in [-0.4, -0.2) is 42.0 Å². The lowest BCUT2D eigenvalue weighted by molar-refractivity contribution is 0.193. The Morgan fingerprint density at radius 2 is 2.17 bits per heavy atom. The van der Waals surface area contributed by atoms with E-state index >= 15 is 0 Å². The third-order valence-corrected chi connectivity index (χ3v) is 5.22. The van der Waals surface area contributed by atoms with Crippen LogP contribution >= 0.6 is 11.3 Å². The molecule has 0 aliphatic carbocycles. The minimum Gasteiger partial charge on any atom is -0.464 e. The van der Waals surface area contributed by atoms with Crippen LogP contribution < -0.4 is 5.32 Å². The lowest BCUT2D eigenvalue weighted by atomic mass is 10.2. The molecule has 6 heteroatoms. The number of urea groups is 1. The van der Waals surface area contributed by atoms with Gasteiger partial charge in [0, 0.05) is 37.6 Å². The molecule has 1 fully saturated rings. The van der Waals surface area contributed by atoms with Crippen LogP contribution in [0.1, 0.15) is 35.8 Å². The van der Waals surface area contributed by atoms with E-state index in [1.807, 2.05) is 30.9 Å². The molecular formula is C18H25N3O2S. The van der Waals surface area contributed by atoms with Crippen molar-refractivity contribution in [3.63, 3.8) is 0 Å². The molecule has 1 aliphatic rings. The highest BCUT2D eigenvalue weighted by Gasteiger charge is 2.21. The quantitative estimate of drug-likeness (QED) is 0.919. The summed E-state index contributed by atoms with van der Waals surface area (Å²) in [6.07, 6.45) is 1.01. The van der Waals surface area contributed by atoms with Gasteiger partial charge < -0.3 is 14.6 Å². The first-order valence-electron chi connectivity index (χ1n) is 8.48. The monoisotopic (exact) mass is 347 g/mol. The molecule has 2 amide bonds. The summed E-state index contributed by atoms with van der Waals surface area (Å²) in [5.41, 5.74) is 0. The summed E-state index contributed by atoms with van der Waals surface area (Å²) in [5.74, 6) is 1.67. The van der Waals surface area contributed by atoms with Crippen molar-refractivity contribution in [1.82, 2.24) is 15.1 Å². The van der Waals surface area contributed by atoms with E-state index in [-0.39, 0.29) is 12.1 Å². The molecule has 0 unspecified atom stereocenters. The molecule has 5 nitrogen and oxygen atoms in total. The zero-order chi connectivity index (χ0) is 16.9. The molecule has 24 heavy (non-hydrogen) atoms. The normalized spacial score (nSPS) is 17.5. The molecule has 3 rings (SSSR count). The summed E-state index contributed by atoms with van der Waals surface area (Å²) in [6.45, 7) is 8.37. The standard InChI is InChI=1S/C18H25N3O2S/c1-14-6-7-17(23-14)15(2)19-18(22)21-9-4-8-20(10-11-21)13-16-5-3-12-24-16/h3,5-7,12,15H,4,8-11,13H2,1-2H3,(H,19,22)/t15-/m0/s1. The topological polar surface area (TPSA) is 48.7 Å². The van der Waals surface area contributed by atoms with Crippen LogP contribution in [0.3, 0.4) is 0 Å². The molecule has 1 saturated heterocycles. The molecule has 2 aromatic heterocycles. The van der Waals surface area contributed by atoms with E-state index in [0.717, 1.165) is 50.7 Å². The van der Waals surface area contributed by atoms with Gasteiger partial charge in [-0.15, -0.1) is 11.3 Å². The van der Waals surface area contributed by atoms with Crippen molar-refractivity contribution in [1.29, 1.82) is 0 Å². The van der Waals surface area contributed by atoms with E-state index in [4.69, 9.17) is 4.42 Å². The van der Waals surface area contributed by atoms with Gasteiger partial charge in [-0.1, -0.05) is 6.07 Å². The highest BCUT2D eigenvalue weighted by Crippen LogP contribution is 2.17. The summed E-state index contributed by atoms with van der Waals surface area (Å²) in [7, 11) is 0. The van der Waals surface area contributed by atoms with Crippen LogP contribution in [0.25, 0.3) is 0 Å². The lowest BCUT2D eigenvalue weighted by Gasteiger charge is -2.23. The summed E-state index contributed by atoms with van der Waals surface area (Å²) in [5, 5.41) is 5.16. The summed E-state index contributed by atoms with van der Waals surface area (Å²) in [6, 6.07) is 7.99. The Labute approximate surface area is 147 Å². The van der Waals surface area contributed by atoms with Crippen LogP contribution in [0.15, 0.2) is 34.1 Å². The van der Waals surface area contributed by atoms with Crippen molar-refractivity contribution in [2.75, 3.05) is 26.2 Å². The second-order valence-corrected chi connectivity index (χ2v) is 7.35. The fourth-order valence-corrected chi connectivity index (χ4v) is 3.74. The zero-order valence-corrected chi connectivity index (χ0v) is 15.1. The second kappa shape index (κ2) is 7.85. The predicted octanol–water partition coefficient (Wildman–Crippen LogP) is 3.63. The van der Waals surface area contributed by atoms with Gasteiger partial charge in [-0.25, -0.2) is 4.79 Å². The Morgan fingerprint density at radius 1 is 1.29 bits per heavy atom. The Balaban J connectivity index is 1.50. The Bertz CT molecular complexity index is 653. The molecule has 1 aliphatic heterocycles. The smallest absolute Gasteiger partial charge is 0.318 e. The molecule has 2 aromatic rings. The predicted molar refractivity (Wildman–Crippen MR) is 96.2 cm³/mol. The molecule has 0 spiro atoms. The molecule has 3 heterocycles. The number of thiophene rings is 1. The molecule has 0 radical (unpaired) electrons. The van der Waals surface area contributed by atoms with Crippen LogP contribution in [0.2, 0.25) is 0 Å². The van der Waals surface area contributed by atoms with Crippen molar-refractivity contribution in [3.8, 4) is 0 Å². The van der Waals surface area contributed by atoms with E-state index in [1.54, 1.807) is 11.3 Å². The fraction of sp³-hybridized carbons (Fsp3) is 0.500.